The average molecular weight is 2200 g/mol. The number of aromatic carboxylic acids is 1. The molecule has 0 aliphatic carbocycles. The van der Waals surface area contributed by atoms with Gasteiger partial charge in [0.05, 0.1) is 147 Å². The van der Waals surface area contributed by atoms with Crippen molar-refractivity contribution in [3.63, 3.8) is 0 Å². The van der Waals surface area contributed by atoms with Crippen molar-refractivity contribution in [2.24, 2.45) is 0 Å². The smallest absolute Gasteiger partial charge is 0.388 e. The second-order valence-corrected chi connectivity index (χ2v) is 29.9. The minimum atomic E-state index is -3.23. The summed E-state index contributed by atoms with van der Waals surface area (Å²) in [6.07, 6.45) is 4.62. The summed E-state index contributed by atoms with van der Waals surface area (Å²) in [6, 6.07) is 13.3. The highest BCUT2D eigenvalue weighted by Gasteiger charge is 2.28. The Balaban J connectivity index is 0.000000244. The number of nitrogens with one attached hydrogen (secondary N) is 4. The van der Waals surface area contributed by atoms with Crippen LogP contribution in [0, 0.1) is 74.8 Å². The second kappa shape index (κ2) is 48.1. The number of carbonyl (C=O) groups is 4. The lowest BCUT2D eigenvalue weighted by molar-refractivity contribution is -0.0536. The molecule has 12 rings (SSSR count). The number of pyridine rings is 6. The van der Waals surface area contributed by atoms with Crippen molar-refractivity contribution in [1.29, 1.82) is 0 Å². The maximum atomic E-state index is 14.5. The third-order valence-electron chi connectivity index (χ3n) is 16.0. The molecule has 12 aromatic rings. The Hall–Kier alpha value is -12.7. The minimum Gasteiger partial charge on any atom is -0.478 e. The standard InChI is InChI=1S/C18H15F4N3O4.C17H13F4N3O4.C17H17F4N3O3.C11H15FN2O2.C6H3F3INO.C5H2F2IN.C5H3FINO/c1-8(2)24-13-4-9(16(26)28-3)10(19)5-14(13)25(18(24)27)12-6-15(29-17(21)22)23-7-11(12)20;1-7(2)23-12-3-8(15(25)26)9(18)4-13(12)24(17(23)27)11-5-14(28-16(20)21)22-6-10(11)19;1-8(2)23-13-4-9(16(25)26-3)10(18)5-14(13)24-12-6-15(27-17(20)21)22-7-11(12)19;1-6(2)14-10-4-7(11(15)16-3)8(12)5-9(10)13;7-3-2-11-5(1-4(3)10)12-6(8)9;6-3-2-9-5(7)1-4(3)8;6-3-2-8-5(9)1-4(3)7/h4-8,17H,1-3H3;3-7,16H,1-2H3,(H,25,26);4-8,17,23H,1-3H3,(H,22,24);4-6,14H,13H2,1-3H3;1-2,6H;1-2H;1-2H,(H,8,9). The molecular formula is C79H68F19I3N14O15. The summed E-state index contributed by atoms with van der Waals surface area (Å²) in [5.74, 6) is -14.9. The molecule has 4 aromatic carbocycles. The normalized spacial score (nSPS) is 10.9. The highest BCUT2D eigenvalue weighted by Crippen LogP contribution is 2.35. The van der Waals surface area contributed by atoms with E-state index in [0.717, 1.165) is 113 Å². The van der Waals surface area contributed by atoms with Crippen LogP contribution in [-0.2, 0) is 14.2 Å². The molecule has 0 unspecified atom stereocenters. The van der Waals surface area contributed by atoms with E-state index in [1.807, 2.05) is 13.8 Å². The first-order valence-electron chi connectivity index (χ1n) is 36.1. The van der Waals surface area contributed by atoms with E-state index in [2.05, 4.69) is 79.0 Å². The molecule has 0 spiro atoms. The molecular weight excluding hydrogens is 2130 g/mol. The van der Waals surface area contributed by atoms with E-state index in [-0.39, 0.29) is 86.6 Å². The van der Waals surface area contributed by atoms with Crippen molar-refractivity contribution in [3.8, 4) is 34.9 Å². The number of carbonyl (C=O) groups excluding carboxylic acids is 3. The number of esters is 3. The van der Waals surface area contributed by atoms with Gasteiger partial charge in [0.1, 0.15) is 23.3 Å². The number of ether oxygens (including phenoxy) is 7. The third-order valence-corrected chi connectivity index (χ3v) is 18.4. The van der Waals surface area contributed by atoms with E-state index in [1.165, 1.54) is 29.9 Å². The van der Waals surface area contributed by atoms with E-state index in [0.29, 0.717) is 27.8 Å². The monoisotopic (exact) mass is 2190 g/mol. The number of fused-ring (bicyclic) bond motifs is 2. The molecule has 0 radical (unpaired) electrons. The van der Waals surface area contributed by atoms with Gasteiger partial charge in [-0.15, -0.1) is 0 Å². The maximum absolute atomic E-state index is 14.5. The van der Waals surface area contributed by atoms with E-state index in [9.17, 15) is 117 Å². The van der Waals surface area contributed by atoms with Crippen LogP contribution in [0.3, 0.4) is 0 Å². The zero-order valence-electron chi connectivity index (χ0n) is 68.2. The largest absolute Gasteiger partial charge is 0.478 e. The fourth-order valence-corrected chi connectivity index (χ4v) is 11.9. The van der Waals surface area contributed by atoms with Crippen molar-refractivity contribution in [2.45, 2.75) is 106 Å². The number of nitrogen functional groups attached to an aromatic ring is 1. The summed E-state index contributed by atoms with van der Waals surface area (Å²) < 4.78 is 281. The molecule has 698 valence electrons. The summed E-state index contributed by atoms with van der Waals surface area (Å²) >= 11 is 5.11. The van der Waals surface area contributed by atoms with Crippen molar-refractivity contribution in [1.82, 2.24) is 48.2 Å². The number of aromatic amines is 1. The molecule has 0 amide bonds. The van der Waals surface area contributed by atoms with Gasteiger partial charge in [0.15, 0.2) is 34.9 Å². The summed E-state index contributed by atoms with van der Waals surface area (Å²) in [6.45, 7) is 1.46. The van der Waals surface area contributed by atoms with Gasteiger partial charge < -0.3 is 64.9 Å². The van der Waals surface area contributed by atoms with E-state index in [4.69, 9.17) is 10.8 Å². The molecule has 0 bridgehead atoms. The van der Waals surface area contributed by atoms with Gasteiger partial charge in [0.25, 0.3) is 0 Å². The van der Waals surface area contributed by atoms with Gasteiger partial charge in [-0.3, -0.25) is 23.1 Å². The van der Waals surface area contributed by atoms with Gasteiger partial charge in [0, 0.05) is 85.0 Å². The molecule has 8 heterocycles. The van der Waals surface area contributed by atoms with Crippen LogP contribution in [0.1, 0.15) is 109 Å². The van der Waals surface area contributed by atoms with Gasteiger partial charge in [-0.05, 0) is 153 Å². The van der Waals surface area contributed by atoms with Crippen LogP contribution >= 0.6 is 67.8 Å². The fraction of sp³-hybridized carbons (Fsp3) is 0.241. The van der Waals surface area contributed by atoms with Crippen LogP contribution in [-0.4, -0.2) is 137 Å². The molecule has 0 fully saturated rings. The number of carboxylic acid groups (broad SMARTS) is 1. The summed E-state index contributed by atoms with van der Waals surface area (Å²) in [7, 11) is 3.39. The van der Waals surface area contributed by atoms with Crippen LogP contribution in [0.2, 0.25) is 0 Å². The number of anilines is 5. The van der Waals surface area contributed by atoms with Gasteiger partial charge in [-0.2, -0.15) is 39.5 Å². The predicted octanol–water partition coefficient (Wildman–Crippen LogP) is 18.6. The molecule has 0 saturated heterocycles. The molecule has 0 aliphatic heterocycles. The van der Waals surface area contributed by atoms with Crippen LogP contribution in [0.4, 0.5) is 112 Å². The highest BCUT2D eigenvalue weighted by atomic mass is 127. The van der Waals surface area contributed by atoms with Gasteiger partial charge in [0.2, 0.25) is 35.0 Å². The van der Waals surface area contributed by atoms with Gasteiger partial charge in [-0.1, -0.05) is 0 Å². The Labute approximate surface area is 760 Å². The van der Waals surface area contributed by atoms with Crippen LogP contribution in [0.15, 0.2) is 136 Å². The lowest BCUT2D eigenvalue weighted by Crippen LogP contribution is -2.25. The summed E-state index contributed by atoms with van der Waals surface area (Å²) in [5.41, 5.74) is 2.07. The Bertz CT molecular complexity index is 6250. The molecule has 0 atom stereocenters. The lowest BCUT2D eigenvalue weighted by atomic mass is 10.1. The highest BCUT2D eigenvalue weighted by molar-refractivity contribution is 14.1. The number of hydrogen-bond donors (Lipinski definition) is 6. The predicted molar refractivity (Wildman–Crippen MR) is 454 cm³/mol. The molecule has 29 nitrogen and oxygen atoms in total. The Kier molecular flexibility index (Phi) is 39.2. The number of aromatic nitrogens is 10. The number of carboxylic acids is 1. The first-order chi connectivity index (χ1) is 60.9. The number of hydrogen-bond acceptors (Lipinski definition) is 23. The molecule has 0 aliphatic rings. The van der Waals surface area contributed by atoms with Crippen molar-refractivity contribution >= 4 is 142 Å². The SMILES string of the molecule is CC(C)n1c(=O)n(-c2cc(OC(F)F)ncc2F)c2cc(F)c(C(=O)O)cc21.COC(=O)c1cc(NC(C)C)c(N)cc1F.COC(=O)c1cc(NC(C)C)c(Nc2cc(OC(F)F)ncc2F)cc1F.COC(=O)c1cc2c(cc1F)n(-c1cc(OC(F)F)ncc1F)c(=O)n2C(C)C.Fc1cc(I)c(F)cn1.Fc1cnc(OC(F)F)cc1I.O=c1cc(I)c(F)c[nH]1. The number of methoxy groups -OCH3 is 3. The average Bonchev–Trinajstić information content (AvgIpc) is 1.59. The zero-order chi connectivity index (χ0) is 97.5. The molecule has 51 heteroatoms. The van der Waals surface area contributed by atoms with Crippen molar-refractivity contribution < 1.29 is 141 Å². The van der Waals surface area contributed by atoms with E-state index in [1.54, 1.807) is 109 Å². The Morgan fingerprint density at radius 2 is 0.746 bits per heavy atom. The second-order valence-electron chi connectivity index (χ2n) is 26.4. The molecule has 7 N–H and O–H groups in total. The lowest BCUT2D eigenvalue weighted by Gasteiger charge is -2.18. The number of rotatable bonds is 22. The van der Waals surface area contributed by atoms with Crippen LogP contribution in [0.5, 0.6) is 23.5 Å². The number of nitrogens with two attached hydrogens (primary N) is 1. The first-order valence-corrected chi connectivity index (χ1v) is 39.4. The van der Waals surface area contributed by atoms with Crippen molar-refractivity contribution in [3.05, 3.63) is 251 Å². The maximum Gasteiger partial charge on any atom is 0.388 e. The zero-order valence-corrected chi connectivity index (χ0v) is 74.7. The number of benzene rings is 4. The number of imidazole rings is 2. The van der Waals surface area contributed by atoms with Gasteiger partial charge >= 0.3 is 61.7 Å². The topological polar surface area (TPSA) is 366 Å². The van der Waals surface area contributed by atoms with Crippen LogP contribution in [0.25, 0.3) is 33.4 Å². The minimum absolute atomic E-state index is 0.0336. The van der Waals surface area contributed by atoms with E-state index < -0.39 is 178 Å². The number of H-pyrrole nitrogens is 1. The number of nitrogens with zero attached hydrogens (tertiary/aromatic N) is 9. The summed E-state index contributed by atoms with van der Waals surface area (Å²) in [4.78, 5) is 101. The third kappa shape index (κ3) is 29.1. The Morgan fingerprint density at radius 3 is 1.13 bits per heavy atom. The van der Waals surface area contributed by atoms with E-state index >= 15 is 0 Å². The first kappa shape index (κ1) is 106. The summed E-state index contributed by atoms with van der Waals surface area (Å²) in [5, 5.41) is 17.7. The van der Waals surface area contributed by atoms with Crippen molar-refractivity contribution in [2.75, 3.05) is 43.0 Å². The van der Waals surface area contributed by atoms with Gasteiger partial charge in [-0.25, -0.2) is 97.6 Å². The quantitative estimate of drug-likeness (QED) is 0.00916. The fourth-order valence-electron chi connectivity index (χ4n) is 10.7. The Morgan fingerprint density at radius 1 is 0.392 bits per heavy atom. The molecule has 8 aromatic heterocycles. The molecule has 0 saturated carbocycles. The van der Waals surface area contributed by atoms with Crippen LogP contribution < -0.4 is 57.6 Å². The molecule has 130 heavy (non-hydrogen) atoms. The number of alkyl halides is 8. The number of halogens is 22.